The van der Waals surface area contributed by atoms with Gasteiger partial charge in [-0.25, -0.2) is 0 Å². The van der Waals surface area contributed by atoms with Crippen LogP contribution in [0.2, 0.25) is 0 Å². The fourth-order valence-electron chi connectivity index (χ4n) is 1.35. The molecule has 0 atom stereocenters. The Bertz CT molecular complexity index is 183. The topological polar surface area (TPSA) is 52.3 Å². The lowest BCUT2D eigenvalue weighted by atomic mass is 9.85. The van der Waals surface area contributed by atoms with Gasteiger partial charge in [0.1, 0.15) is 0 Å². The number of ketones is 1. The molecular formula is C9H15NO2. The largest absolute Gasteiger partial charge is 0.381 e. The van der Waals surface area contributed by atoms with Crippen molar-refractivity contribution in [3.8, 4) is 0 Å². The molecule has 0 bridgehead atoms. The molecule has 1 aliphatic rings. The van der Waals surface area contributed by atoms with Crippen LogP contribution in [0.15, 0.2) is 12.7 Å². The number of ether oxygens (including phenoxy) is 1. The fraction of sp³-hybridized carbons (Fsp3) is 0.667. The number of nitrogens with two attached hydrogens (primary N) is 1. The lowest BCUT2D eigenvalue weighted by Crippen LogP contribution is -2.51. The van der Waals surface area contributed by atoms with E-state index in [0.717, 1.165) is 0 Å². The second-order valence-electron chi connectivity index (χ2n) is 3.18. The van der Waals surface area contributed by atoms with E-state index in [-0.39, 0.29) is 5.78 Å². The zero-order chi connectivity index (χ0) is 9.03. The molecule has 0 aromatic heterocycles. The quantitative estimate of drug-likeness (QED) is 0.631. The van der Waals surface area contributed by atoms with Crippen LogP contribution in [-0.2, 0) is 9.53 Å². The molecule has 0 unspecified atom stereocenters. The smallest absolute Gasteiger partial charge is 0.156 e. The highest BCUT2D eigenvalue weighted by molar-refractivity contribution is 5.89. The molecule has 0 radical (unpaired) electrons. The van der Waals surface area contributed by atoms with Crippen LogP contribution in [0, 0.1) is 0 Å². The molecule has 68 valence electrons. The molecule has 0 spiro atoms. The van der Waals surface area contributed by atoms with E-state index in [1.54, 1.807) is 6.08 Å². The molecule has 1 aliphatic heterocycles. The van der Waals surface area contributed by atoms with Crippen molar-refractivity contribution in [1.29, 1.82) is 0 Å². The molecule has 1 saturated heterocycles. The first-order valence-corrected chi connectivity index (χ1v) is 4.20. The molecule has 0 amide bonds. The van der Waals surface area contributed by atoms with E-state index in [1.807, 2.05) is 0 Å². The van der Waals surface area contributed by atoms with Gasteiger partial charge < -0.3 is 10.5 Å². The van der Waals surface area contributed by atoms with Crippen molar-refractivity contribution >= 4 is 5.78 Å². The summed E-state index contributed by atoms with van der Waals surface area (Å²) in [6.07, 6.45) is 3.25. The van der Waals surface area contributed by atoms with Gasteiger partial charge in [-0.05, 0) is 12.8 Å². The third kappa shape index (κ3) is 1.93. The van der Waals surface area contributed by atoms with Gasteiger partial charge in [0.2, 0.25) is 0 Å². The molecular weight excluding hydrogens is 154 g/mol. The van der Waals surface area contributed by atoms with Crippen LogP contribution in [0.4, 0.5) is 0 Å². The number of carbonyl (C=O) groups excluding carboxylic acids is 1. The van der Waals surface area contributed by atoms with Crippen molar-refractivity contribution in [3.63, 3.8) is 0 Å². The third-order valence-corrected chi connectivity index (χ3v) is 2.27. The minimum Gasteiger partial charge on any atom is -0.381 e. The van der Waals surface area contributed by atoms with E-state index in [4.69, 9.17) is 10.5 Å². The standard InChI is InChI=1S/C9H15NO2/c1-2-3-8(11)9(10)4-6-12-7-5-9/h2H,1,3-7,10H2. The predicted molar refractivity (Wildman–Crippen MR) is 46.8 cm³/mol. The zero-order valence-electron chi connectivity index (χ0n) is 7.21. The Balaban J connectivity index is 2.55. The predicted octanol–water partition coefficient (Wildman–Crippen LogP) is 0.639. The van der Waals surface area contributed by atoms with Gasteiger partial charge in [-0.2, -0.15) is 0 Å². The number of rotatable bonds is 3. The van der Waals surface area contributed by atoms with Crippen LogP contribution in [0.3, 0.4) is 0 Å². The van der Waals surface area contributed by atoms with Gasteiger partial charge in [-0.1, -0.05) is 6.08 Å². The minimum absolute atomic E-state index is 0.0841. The second-order valence-corrected chi connectivity index (χ2v) is 3.18. The molecule has 12 heavy (non-hydrogen) atoms. The maximum Gasteiger partial charge on any atom is 0.156 e. The summed E-state index contributed by atoms with van der Waals surface area (Å²) in [6.45, 7) is 4.71. The number of allylic oxidation sites excluding steroid dienone is 1. The summed E-state index contributed by atoms with van der Waals surface area (Å²) in [5.41, 5.74) is 5.26. The van der Waals surface area contributed by atoms with Gasteiger partial charge in [-0.15, -0.1) is 6.58 Å². The monoisotopic (exact) mass is 169 g/mol. The molecule has 1 fully saturated rings. The van der Waals surface area contributed by atoms with Crippen molar-refractivity contribution in [2.45, 2.75) is 24.8 Å². The average molecular weight is 169 g/mol. The summed E-state index contributed by atoms with van der Waals surface area (Å²) in [4.78, 5) is 11.5. The molecule has 0 aliphatic carbocycles. The second kappa shape index (κ2) is 3.83. The highest BCUT2D eigenvalue weighted by Gasteiger charge is 2.34. The first-order valence-electron chi connectivity index (χ1n) is 4.20. The van der Waals surface area contributed by atoms with Crippen LogP contribution in [0.1, 0.15) is 19.3 Å². The van der Waals surface area contributed by atoms with Gasteiger partial charge in [-0.3, -0.25) is 4.79 Å². The van der Waals surface area contributed by atoms with Crippen LogP contribution < -0.4 is 5.73 Å². The molecule has 0 saturated carbocycles. The number of hydrogen-bond acceptors (Lipinski definition) is 3. The van der Waals surface area contributed by atoms with Crippen molar-refractivity contribution in [3.05, 3.63) is 12.7 Å². The van der Waals surface area contributed by atoms with Gasteiger partial charge in [0.25, 0.3) is 0 Å². The first kappa shape index (κ1) is 9.42. The van der Waals surface area contributed by atoms with Crippen molar-refractivity contribution in [2.75, 3.05) is 13.2 Å². The first-order chi connectivity index (χ1) is 5.69. The zero-order valence-corrected chi connectivity index (χ0v) is 7.21. The molecule has 1 heterocycles. The highest BCUT2D eigenvalue weighted by Crippen LogP contribution is 2.19. The third-order valence-electron chi connectivity index (χ3n) is 2.27. The summed E-state index contributed by atoms with van der Waals surface area (Å²) in [5, 5.41) is 0. The Morgan fingerprint density at radius 3 is 2.67 bits per heavy atom. The molecule has 0 aromatic rings. The van der Waals surface area contributed by atoms with Crippen LogP contribution >= 0.6 is 0 Å². The molecule has 3 heteroatoms. The Kier molecular flexibility index (Phi) is 3.00. The van der Waals surface area contributed by atoms with E-state index in [9.17, 15) is 4.79 Å². The molecule has 3 nitrogen and oxygen atoms in total. The Morgan fingerprint density at radius 2 is 2.17 bits per heavy atom. The van der Waals surface area contributed by atoms with E-state index < -0.39 is 5.54 Å². The minimum atomic E-state index is -0.646. The van der Waals surface area contributed by atoms with Crippen LogP contribution in [-0.4, -0.2) is 24.5 Å². The van der Waals surface area contributed by atoms with Crippen molar-refractivity contribution < 1.29 is 9.53 Å². The summed E-state index contributed by atoms with van der Waals surface area (Å²) in [7, 11) is 0. The van der Waals surface area contributed by atoms with Gasteiger partial charge in [0.05, 0.1) is 5.54 Å². The van der Waals surface area contributed by atoms with E-state index in [1.165, 1.54) is 0 Å². The normalized spacial score (nSPS) is 21.8. The lowest BCUT2D eigenvalue weighted by Gasteiger charge is -2.31. The molecule has 2 N–H and O–H groups in total. The fourth-order valence-corrected chi connectivity index (χ4v) is 1.35. The Hall–Kier alpha value is -0.670. The summed E-state index contributed by atoms with van der Waals surface area (Å²) < 4.78 is 5.14. The van der Waals surface area contributed by atoms with E-state index >= 15 is 0 Å². The highest BCUT2D eigenvalue weighted by atomic mass is 16.5. The number of carbonyl (C=O) groups is 1. The summed E-state index contributed by atoms with van der Waals surface area (Å²) >= 11 is 0. The van der Waals surface area contributed by atoms with E-state index in [0.29, 0.717) is 32.5 Å². The van der Waals surface area contributed by atoms with Gasteiger partial charge in [0, 0.05) is 19.6 Å². The summed E-state index contributed by atoms with van der Waals surface area (Å²) in [6, 6.07) is 0. The number of hydrogen-bond donors (Lipinski definition) is 1. The maximum absolute atomic E-state index is 11.5. The van der Waals surface area contributed by atoms with Crippen LogP contribution in [0.25, 0.3) is 0 Å². The average Bonchev–Trinajstić information content (AvgIpc) is 2.06. The molecule has 0 aromatic carbocycles. The number of Topliss-reactive ketones (excluding diaryl/α,β-unsaturated/α-hetero) is 1. The van der Waals surface area contributed by atoms with Crippen molar-refractivity contribution in [1.82, 2.24) is 0 Å². The van der Waals surface area contributed by atoms with Crippen LogP contribution in [0.5, 0.6) is 0 Å². The maximum atomic E-state index is 11.5. The summed E-state index contributed by atoms with van der Waals surface area (Å²) in [5.74, 6) is 0.0841. The van der Waals surface area contributed by atoms with Gasteiger partial charge >= 0.3 is 0 Å². The Labute approximate surface area is 72.6 Å². The van der Waals surface area contributed by atoms with Gasteiger partial charge in [0.15, 0.2) is 5.78 Å². The van der Waals surface area contributed by atoms with Crippen molar-refractivity contribution in [2.24, 2.45) is 5.73 Å². The Morgan fingerprint density at radius 1 is 1.58 bits per heavy atom. The lowest BCUT2D eigenvalue weighted by molar-refractivity contribution is -0.126. The SMILES string of the molecule is C=CCC(=O)C1(N)CCOCC1. The van der Waals surface area contributed by atoms with E-state index in [2.05, 4.69) is 6.58 Å². The molecule has 1 rings (SSSR count).